The summed E-state index contributed by atoms with van der Waals surface area (Å²) in [5.41, 5.74) is 1.59. The second-order valence-electron chi connectivity index (χ2n) is 9.12. The molecule has 3 aromatic rings. The fourth-order valence-corrected chi connectivity index (χ4v) is 5.03. The van der Waals surface area contributed by atoms with E-state index < -0.39 is 10.0 Å². The van der Waals surface area contributed by atoms with Crippen LogP contribution < -0.4 is 14.4 Å². The van der Waals surface area contributed by atoms with Gasteiger partial charge >= 0.3 is 0 Å². The fraction of sp³-hybridized carbons (Fsp3) is 0.345. The van der Waals surface area contributed by atoms with Gasteiger partial charge in [-0.2, -0.15) is 0 Å². The quantitative estimate of drug-likeness (QED) is 0.251. The van der Waals surface area contributed by atoms with Crippen molar-refractivity contribution in [3.05, 3.63) is 88.9 Å². The summed E-state index contributed by atoms with van der Waals surface area (Å²) in [6.45, 7) is 5.02. The van der Waals surface area contributed by atoms with E-state index in [1.165, 1.54) is 4.31 Å². The van der Waals surface area contributed by atoms with Gasteiger partial charge in [0.2, 0.25) is 10.0 Å². The van der Waals surface area contributed by atoms with Crippen molar-refractivity contribution in [3.63, 3.8) is 0 Å². The molecule has 1 unspecified atom stereocenters. The Morgan fingerprint density at radius 2 is 1.73 bits per heavy atom. The van der Waals surface area contributed by atoms with E-state index in [0.717, 1.165) is 37.5 Å². The maximum absolute atomic E-state index is 12.8. The number of amides is 1. The van der Waals surface area contributed by atoms with Crippen LogP contribution in [0.15, 0.2) is 72.8 Å². The van der Waals surface area contributed by atoms with Crippen LogP contribution in [-0.2, 0) is 16.6 Å². The molecule has 0 heterocycles. The van der Waals surface area contributed by atoms with Crippen LogP contribution in [0.5, 0.6) is 11.5 Å². The number of anilines is 1. The largest absolute Gasteiger partial charge is 0.455 e. The Morgan fingerprint density at radius 1 is 1.03 bits per heavy atom. The number of unbranched alkanes of at least 4 members (excludes halogenated alkanes) is 1. The molecule has 0 spiro atoms. The Hall–Kier alpha value is -3.03. The molecule has 0 saturated heterocycles. The molecule has 3 rings (SSSR count). The van der Waals surface area contributed by atoms with Crippen molar-refractivity contribution in [2.75, 3.05) is 17.1 Å². The summed E-state index contributed by atoms with van der Waals surface area (Å²) in [5, 5.41) is 3.42. The highest BCUT2D eigenvalue weighted by atomic mass is 35.5. The number of hydrogen-bond acceptors (Lipinski definition) is 4. The van der Waals surface area contributed by atoms with Crippen molar-refractivity contribution in [1.29, 1.82) is 0 Å². The number of carbonyl (C=O) groups excluding carboxylic acids is 1. The van der Waals surface area contributed by atoms with Crippen LogP contribution in [0.25, 0.3) is 0 Å². The molecule has 37 heavy (non-hydrogen) atoms. The molecule has 1 N–H and O–H groups in total. The Morgan fingerprint density at radius 3 is 2.35 bits per heavy atom. The molecule has 0 fully saturated rings. The summed E-state index contributed by atoms with van der Waals surface area (Å²) in [4.78, 5) is 12.7. The van der Waals surface area contributed by atoms with Crippen LogP contribution in [0, 0.1) is 5.92 Å². The lowest BCUT2D eigenvalue weighted by Gasteiger charge is -2.25. The third-order valence-corrected chi connectivity index (χ3v) is 7.56. The summed E-state index contributed by atoms with van der Waals surface area (Å²) in [6.07, 6.45) is 5.58. The van der Waals surface area contributed by atoms with Gasteiger partial charge < -0.3 is 10.1 Å². The summed E-state index contributed by atoms with van der Waals surface area (Å²) < 4.78 is 32.9. The molecule has 1 amide bonds. The number of hydrogen-bond donors (Lipinski definition) is 1. The van der Waals surface area contributed by atoms with Crippen molar-refractivity contribution < 1.29 is 17.9 Å². The van der Waals surface area contributed by atoms with Gasteiger partial charge in [0.05, 0.1) is 18.5 Å². The molecule has 0 aliphatic rings. The van der Waals surface area contributed by atoms with Gasteiger partial charge in [0.15, 0.2) is 5.75 Å². The Balaban J connectivity index is 1.78. The molecule has 3 aromatic carbocycles. The topological polar surface area (TPSA) is 75.7 Å². The number of halogens is 1. The summed E-state index contributed by atoms with van der Waals surface area (Å²) in [5.74, 6) is 1.28. The average molecular weight is 543 g/mol. The van der Waals surface area contributed by atoms with Gasteiger partial charge in [-0.25, -0.2) is 8.42 Å². The summed E-state index contributed by atoms with van der Waals surface area (Å²) in [7, 11) is -3.69. The van der Waals surface area contributed by atoms with Crippen molar-refractivity contribution in [3.8, 4) is 11.5 Å². The van der Waals surface area contributed by atoms with E-state index in [-0.39, 0.29) is 12.5 Å². The second-order valence-corrected chi connectivity index (χ2v) is 11.5. The monoisotopic (exact) mass is 542 g/mol. The molecule has 0 aliphatic carbocycles. The van der Waals surface area contributed by atoms with Gasteiger partial charge in [0.25, 0.3) is 5.91 Å². The normalized spacial score (nSPS) is 12.1. The highest BCUT2D eigenvalue weighted by Crippen LogP contribution is 2.36. The summed E-state index contributed by atoms with van der Waals surface area (Å²) >= 11 is 6.24. The van der Waals surface area contributed by atoms with Crippen molar-refractivity contribution in [2.45, 2.75) is 46.1 Å². The molecule has 8 heteroatoms. The molecule has 1 atom stereocenters. The van der Waals surface area contributed by atoms with E-state index in [1.54, 1.807) is 54.6 Å². The minimum absolute atomic E-state index is 0.0567. The van der Waals surface area contributed by atoms with Crippen molar-refractivity contribution in [2.24, 2.45) is 5.92 Å². The lowest BCUT2D eigenvalue weighted by molar-refractivity contribution is 0.0946. The maximum Gasteiger partial charge on any atom is 0.251 e. The molecule has 0 saturated carbocycles. The van der Waals surface area contributed by atoms with Crippen LogP contribution in [0.3, 0.4) is 0 Å². The maximum atomic E-state index is 12.8. The minimum atomic E-state index is -3.69. The smallest absolute Gasteiger partial charge is 0.251 e. The summed E-state index contributed by atoms with van der Waals surface area (Å²) in [6, 6.07) is 21.0. The van der Waals surface area contributed by atoms with Gasteiger partial charge in [0, 0.05) is 17.1 Å². The first-order valence-electron chi connectivity index (χ1n) is 12.6. The number of rotatable bonds is 13. The van der Waals surface area contributed by atoms with E-state index in [1.807, 2.05) is 18.2 Å². The average Bonchev–Trinajstić information content (AvgIpc) is 2.88. The second kappa shape index (κ2) is 13.5. The van der Waals surface area contributed by atoms with Crippen molar-refractivity contribution in [1.82, 2.24) is 5.32 Å². The number of ether oxygens (including phenoxy) is 1. The number of para-hydroxylation sites is 1. The van der Waals surface area contributed by atoms with Crippen LogP contribution in [0.2, 0.25) is 5.02 Å². The molecule has 0 aliphatic heterocycles. The van der Waals surface area contributed by atoms with Gasteiger partial charge in [0.1, 0.15) is 5.75 Å². The number of sulfonamides is 1. The number of carbonyl (C=O) groups is 1. The third-order valence-electron chi connectivity index (χ3n) is 6.20. The van der Waals surface area contributed by atoms with E-state index in [0.29, 0.717) is 40.2 Å². The van der Waals surface area contributed by atoms with Gasteiger partial charge in [-0.1, -0.05) is 75.0 Å². The minimum Gasteiger partial charge on any atom is -0.455 e. The van der Waals surface area contributed by atoms with Crippen LogP contribution >= 0.6 is 11.6 Å². The molecule has 0 aromatic heterocycles. The van der Waals surface area contributed by atoms with Crippen LogP contribution in [-0.4, -0.2) is 27.1 Å². The highest BCUT2D eigenvalue weighted by molar-refractivity contribution is 7.92. The highest BCUT2D eigenvalue weighted by Gasteiger charge is 2.23. The van der Waals surface area contributed by atoms with Crippen LogP contribution in [0.4, 0.5) is 5.69 Å². The molecular formula is C29H35ClN2O4S. The van der Waals surface area contributed by atoms with Crippen molar-refractivity contribution >= 4 is 33.2 Å². The lowest BCUT2D eigenvalue weighted by Crippen LogP contribution is -2.30. The Labute approximate surface area is 225 Å². The lowest BCUT2D eigenvalue weighted by atomic mass is 9.99. The predicted octanol–water partition coefficient (Wildman–Crippen LogP) is 7.04. The fourth-order valence-electron chi connectivity index (χ4n) is 3.98. The zero-order chi connectivity index (χ0) is 26.8. The van der Waals surface area contributed by atoms with Crippen LogP contribution in [0.1, 0.15) is 55.5 Å². The molecule has 0 bridgehead atoms. The van der Waals surface area contributed by atoms with E-state index in [2.05, 4.69) is 19.2 Å². The molecule has 0 radical (unpaired) electrons. The SMILES string of the molecule is CCCCC(CC)CNC(=O)c1ccc(CN(c2cc(Cl)ccc2Oc2ccccc2)S(C)(=O)=O)cc1. The Kier molecular flexibility index (Phi) is 10.4. The zero-order valence-corrected chi connectivity index (χ0v) is 23.2. The first-order chi connectivity index (χ1) is 17.7. The predicted molar refractivity (Wildman–Crippen MR) is 151 cm³/mol. The Bertz CT molecular complexity index is 1260. The van der Waals surface area contributed by atoms with E-state index in [4.69, 9.17) is 16.3 Å². The van der Waals surface area contributed by atoms with Gasteiger partial charge in [-0.15, -0.1) is 0 Å². The first-order valence-corrected chi connectivity index (χ1v) is 14.8. The molecule has 198 valence electrons. The standard InChI is InChI=1S/C29H35ClN2O4S/c1-4-6-10-22(5-2)20-31-29(33)24-15-13-23(14-16-24)21-32(37(3,34)35)27-19-25(30)17-18-28(27)36-26-11-8-7-9-12-26/h7-9,11-19,22H,4-6,10,20-21H2,1-3H3,(H,31,33). The first kappa shape index (κ1) is 28.5. The third kappa shape index (κ3) is 8.51. The zero-order valence-electron chi connectivity index (χ0n) is 21.6. The van der Waals surface area contributed by atoms with E-state index in [9.17, 15) is 13.2 Å². The van der Waals surface area contributed by atoms with Gasteiger partial charge in [-0.05, 0) is 60.4 Å². The van der Waals surface area contributed by atoms with Gasteiger partial charge in [-0.3, -0.25) is 9.10 Å². The number of benzene rings is 3. The molecular weight excluding hydrogens is 508 g/mol. The molecule has 6 nitrogen and oxygen atoms in total. The number of nitrogens with one attached hydrogen (secondary N) is 1. The van der Waals surface area contributed by atoms with E-state index >= 15 is 0 Å². The number of nitrogens with zero attached hydrogens (tertiary/aromatic N) is 1.